The zero-order valence-electron chi connectivity index (χ0n) is 11.0. The van der Waals surface area contributed by atoms with Gasteiger partial charge >= 0.3 is 0 Å². The zero-order valence-corrected chi connectivity index (χ0v) is 11.8. The first-order valence-electron chi connectivity index (χ1n) is 6.04. The van der Waals surface area contributed by atoms with Gasteiger partial charge in [0.2, 0.25) is 5.91 Å². The Bertz CT molecular complexity index is 441. The van der Waals surface area contributed by atoms with E-state index in [0.29, 0.717) is 11.4 Å². The molecule has 1 aromatic carbocycles. The maximum Gasteiger partial charge on any atom is 0.225 e. The molecule has 2 unspecified atom stereocenters. The Labute approximate surface area is 116 Å². The van der Waals surface area contributed by atoms with Crippen LogP contribution in [0.2, 0.25) is 0 Å². The maximum absolute atomic E-state index is 13.4. The third-order valence-electron chi connectivity index (χ3n) is 2.65. The summed E-state index contributed by atoms with van der Waals surface area (Å²) >= 11 is 1.50. The lowest BCUT2D eigenvalue weighted by Gasteiger charge is -2.13. The summed E-state index contributed by atoms with van der Waals surface area (Å²) in [6.07, 6.45) is -0.157. The Morgan fingerprint density at radius 2 is 2.21 bits per heavy atom. The zero-order chi connectivity index (χ0) is 14.4. The molecule has 0 fully saturated rings. The number of hydrogen-bond donors (Lipinski definition) is 3. The van der Waals surface area contributed by atoms with Crippen molar-refractivity contribution in [1.82, 2.24) is 0 Å². The van der Waals surface area contributed by atoms with Crippen LogP contribution in [0.3, 0.4) is 0 Å². The lowest BCUT2D eigenvalue weighted by atomic mass is 10.2. The quantitative estimate of drug-likeness (QED) is 0.701. The lowest BCUT2D eigenvalue weighted by molar-refractivity contribution is -0.115. The molecular formula is C13H19FN2O2S. The number of anilines is 2. The van der Waals surface area contributed by atoms with E-state index in [-0.39, 0.29) is 23.3 Å². The number of hydrogen-bond acceptors (Lipinski definition) is 4. The van der Waals surface area contributed by atoms with Gasteiger partial charge in [-0.1, -0.05) is 6.92 Å². The predicted octanol–water partition coefficient (Wildman–Crippen LogP) is 2.24. The van der Waals surface area contributed by atoms with Crippen LogP contribution in [0.25, 0.3) is 0 Å². The number of rotatable bonds is 6. The van der Waals surface area contributed by atoms with E-state index >= 15 is 0 Å². The van der Waals surface area contributed by atoms with Crippen molar-refractivity contribution < 1.29 is 14.3 Å². The summed E-state index contributed by atoms with van der Waals surface area (Å²) in [5, 5.41) is 11.9. The van der Waals surface area contributed by atoms with E-state index in [1.807, 2.05) is 6.92 Å². The van der Waals surface area contributed by atoms with Crippen LogP contribution in [-0.2, 0) is 4.79 Å². The summed E-state index contributed by atoms with van der Waals surface area (Å²) in [6.45, 7) is 3.60. The molecule has 0 aromatic heterocycles. The van der Waals surface area contributed by atoms with Crippen LogP contribution in [-0.4, -0.2) is 28.1 Å². The van der Waals surface area contributed by atoms with Gasteiger partial charge in [-0.2, -0.15) is 11.8 Å². The largest absolute Gasteiger partial charge is 0.399 e. The average Bonchev–Trinajstić information content (AvgIpc) is 2.33. The van der Waals surface area contributed by atoms with Gasteiger partial charge in [-0.3, -0.25) is 4.79 Å². The molecule has 4 nitrogen and oxygen atoms in total. The molecule has 0 aliphatic heterocycles. The van der Waals surface area contributed by atoms with Gasteiger partial charge in [0.15, 0.2) is 0 Å². The van der Waals surface area contributed by atoms with Gasteiger partial charge in [-0.15, -0.1) is 0 Å². The predicted molar refractivity (Wildman–Crippen MR) is 77.7 cm³/mol. The van der Waals surface area contributed by atoms with Gasteiger partial charge in [-0.05, 0) is 25.1 Å². The third-order valence-corrected chi connectivity index (χ3v) is 4.01. The summed E-state index contributed by atoms with van der Waals surface area (Å²) in [7, 11) is 0. The second-order valence-corrected chi connectivity index (χ2v) is 5.84. The molecule has 0 saturated carbocycles. The first kappa shape index (κ1) is 15.8. The van der Waals surface area contributed by atoms with Crippen molar-refractivity contribution in [3.8, 4) is 0 Å². The summed E-state index contributed by atoms with van der Waals surface area (Å²) in [4.78, 5) is 11.6. The Kier molecular flexibility index (Phi) is 6.11. The minimum atomic E-state index is -0.507. The number of amides is 1. The number of benzene rings is 1. The lowest BCUT2D eigenvalue weighted by Crippen LogP contribution is -2.18. The minimum absolute atomic E-state index is 0.0666. The molecule has 1 rings (SSSR count). The van der Waals surface area contributed by atoms with Crippen molar-refractivity contribution in [2.45, 2.75) is 31.6 Å². The number of aliphatic hydroxyl groups is 1. The third kappa shape index (κ3) is 5.48. The van der Waals surface area contributed by atoms with Crippen molar-refractivity contribution in [3.63, 3.8) is 0 Å². The fourth-order valence-electron chi connectivity index (χ4n) is 1.33. The molecule has 0 heterocycles. The van der Waals surface area contributed by atoms with Crippen LogP contribution in [0.4, 0.5) is 15.8 Å². The molecule has 4 N–H and O–H groups in total. The number of halogens is 1. The topological polar surface area (TPSA) is 75.3 Å². The summed E-state index contributed by atoms with van der Waals surface area (Å²) < 4.78 is 13.4. The number of aliphatic hydroxyl groups excluding tert-OH is 1. The van der Waals surface area contributed by atoms with Gasteiger partial charge in [0.25, 0.3) is 0 Å². The molecular weight excluding hydrogens is 267 g/mol. The fraction of sp³-hybridized carbons (Fsp3) is 0.462. The van der Waals surface area contributed by atoms with Gasteiger partial charge in [0.05, 0.1) is 11.8 Å². The molecule has 0 aliphatic carbocycles. The van der Waals surface area contributed by atoms with Crippen molar-refractivity contribution >= 4 is 29.0 Å². The van der Waals surface area contributed by atoms with Crippen molar-refractivity contribution in [2.24, 2.45) is 0 Å². The minimum Gasteiger partial charge on any atom is -0.399 e. The number of carbonyl (C=O) groups excluding carboxylic acids is 1. The molecule has 0 saturated heterocycles. The number of nitrogens with two attached hydrogens (primary N) is 1. The normalized spacial score (nSPS) is 13.9. The summed E-state index contributed by atoms with van der Waals surface area (Å²) in [5.41, 5.74) is 6.02. The van der Waals surface area contributed by atoms with E-state index in [2.05, 4.69) is 5.32 Å². The van der Waals surface area contributed by atoms with E-state index in [0.717, 1.165) is 0 Å². The highest BCUT2D eigenvalue weighted by atomic mass is 32.2. The van der Waals surface area contributed by atoms with Gasteiger partial charge in [0.1, 0.15) is 5.82 Å². The Morgan fingerprint density at radius 3 is 2.84 bits per heavy atom. The molecule has 0 spiro atoms. The standard InChI is InChI=1S/C13H19FN2O2S/c1-8(17)9(2)19-6-5-13(18)16-12-7-10(15)3-4-11(12)14/h3-4,7-9,17H,5-6,15H2,1-2H3,(H,16,18). The summed E-state index contributed by atoms with van der Waals surface area (Å²) in [6, 6.07) is 4.04. The van der Waals surface area contributed by atoms with Crippen molar-refractivity contribution in [1.29, 1.82) is 0 Å². The van der Waals surface area contributed by atoms with Crippen LogP contribution in [0.15, 0.2) is 18.2 Å². The average molecular weight is 286 g/mol. The molecule has 1 aromatic rings. The van der Waals surface area contributed by atoms with E-state index in [1.165, 1.54) is 30.0 Å². The highest BCUT2D eigenvalue weighted by Crippen LogP contribution is 2.19. The molecule has 6 heteroatoms. The number of nitrogen functional groups attached to an aromatic ring is 1. The van der Waals surface area contributed by atoms with Crippen molar-refractivity contribution in [2.75, 3.05) is 16.8 Å². The SMILES string of the molecule is CC(O)C(C)SCCC(=O)Nc1cc(N)ccc1F. The second kappa shape index (κ2) is 7.35. The van der Waals surface area contributed by atoms with Gasteiger partial charge < -0.3 is 16.2 Å². The van der Waals surface area contributed by atoms with Crippen molar-refractivity contribution in [3.05, 3.63) is 24.0 Å². The molecule has 0 bridgehead atoms. The molecule has 19 heavy (non-hydrogen) atoms. The Hall–Kier alpha value is -1.27. The Balaban J connectivity index is 2.41. The van der Waals surface area contributed by atoms with E-state index in [4.69, 9.17) is 5.73 Å². The molecule has 0 radical (unpaired) electrons. The van der Waals surface area contributed by atoms with Crippen LogP contribution in [0.1, 0.15) is 20.3 Å². The van der Waals surface area contributed by atoms with Crippen LogP contribution < -0.4 is 11.1 Å². The molecule has 0 aliphatic rings. The monoisotopic (exact) mass is 286 g/mol. The maximum atomic E-state index is 13.4. The van der Waals surface area contributed by atoms with Crippen LogP contribution in [0.5, 0.6) is 0 Å². The fourth-order valence-corrected chi connectivity index (χ4v) is 2.28. The number of carbonyl (C=O) groups is 1. The van der Waals surface area contributed by atoms with E-state index < -0.39 is 11.9 Å². The molecule has 2 atom stereocenters. The summed E-state index contributed by atoms with van der Waals surface area (Å²) in [5.74, 6) is -0.204. The van der Waals surface area contributed by atoms with E-state index in [9.17, 15) is 14.3 Å². The highest BCUT2D eigenvalue weighted by molar-refractivity contribution is 7.99. The Morgan fingerprint density at radius 1 is 1.53 bits per heavy atom. The first-order valence-corrected chi connectivity index (χ1v) is 7.09. The van der Waals surface area contributed by atoms with Gasteiger partial charge in [0, 0.05) is 23.1 Å². The first-order chi connectivity index (χ1) is 8.90. The second-order valence-electron chi connectivity index (χ2n) is 4.35. The molecule has 1 amide bonds. The number of nitrogens with one attached hydrogen (secondary N) is 1. The number of thioether (sulfide) groups is 1. The highest BCUT2D eigenvalue weighted by Gasteiger charge is 2.11. The van der Waals surface area contributed by atoms with Crippen LogP contribution in [0, 0.1) is 5.82 Å². The molecule has 106 valence electrons. The van der Waals surface area contributed by atoms with E-state index in [1.54, 1.807) is 6.92 Å². The van der Waals surface area contributed by atoms with Gasteiger partial charge in [-0.25, -0.2) is 4.39 Å². The van der Waals surface area contributed by atoms with Crippen LogP contribution >= 0.6 is 11.8 Å². The smallest absolute Gasteiger partial charge is 0.225 e.